The number of carbonyl (C=O) groups excluding carboxylic acids is 1. The van der Waals surface area contributed by atoms with Crippen LogP contribution in [0.1, 0.15) is 12.7 Å². The van der Waals surface area contributed by atoms with Gasteiger partial charge in [-0.15, -0.1) is 0 Å². The van der Waals surface area contributed by atoms with E-state index in [2.05, 4.69) is 0 Å². The number of thiocarbonyl (C=S) groups is 1. The average Bonchev–Trinajstić information content (AvgIpc) is 3.19. The van der Waals surface area contributed by atoms with Gasteiger partial charge in [-0.3, -0.25) is 19.8 Å². The SMILES string of the molecule is CC(C(=O)O)N1C(=O)/C(=C\c2ccc(-c3ccc([N+](=O)[O-])cc3)o2)SC1=S. The van der Waals surface area contributed by atoms with Gasteiger partial charge >= 0.3 is 5.97 Å². The minimum atomic E-state index is -1.15. The number of carboxylic acids is 1. The van der Waals surface area contributed by atoms with Crippen LogP contribution in [0.15, 0.2) is 45.7 Å². The highest BCUT2D eigenvalue weighted by molar-refractivity contribution is 8.26. The van der Waals surface area contributed by atoms with Crippen molar-refractivity contribution in [3.05, 3.63) is 57.2 Å². The van der Waals surface area contributed by atoms with Crippen molar-refractivity contribution in [1.82, 2.24) is 4.90 Å². The Morgan fingerprint density at radius 2 is 2.00 bits per heavy atom. The number of carbonyl (C=O) groups is 2. The van der Waals surface area contributed by atoms with Crippen molar-refractivity contribution in [2.75, 3.05) is 0 Å². The summed E-state index contributed by atoms with van der Waals surface area (Å²) < 4.78 is 5.84. The standard InChI is InChI=1S/C17H12N2O6S2/c1-9(16(21)22)18-15(20)14(27-17(18)26)8-12-6-7-13(25-12)10-2-4-11(5-3-10)19(23)24/h2-9H,1H3,(H,21,22)/b14-8+. The van der Waals surface area contributed by atoms with Gasteiger partial charge in [0.2, 0.25) is 0 Å². The number of nitro groups is 1. The zero-order valence-electron chi connectivity index (χ0n) is 13.8. The Balaban J connectivity index is 1.83. The Morgan fingerprint density at radius 3 is 2.59 bits per heavy atom. The van der Waals surface area contributed by atoms with Gasteiger partial charge in [0.15, 0.2) is 0 Å². The summed E-state index contributed by atoms with van der Waals surface area (Å²) in [7, 11) is 0. The molecule has 2 heterocycles. The number of aliphatic carboxylic acids is 1. The van der Waals surface area contributed by atoms with Crippen LogP contribution in [0.3, 0.4) is 0 Å². The largest absolute Gasteiger partial charge is 0.480 e. The molecule has 1 aromatic heterocycles. The summed E-state index contributed by atoms with van der Waals surface area (Å²) in [5.41, 5.74) is 0.619. The van der Waals surface area contributed by atoms with E-state index in [4.69, 9.17) is 21.7 Å². The number of non-ortho nitro benzene ring substituents is 1. The molecule has 1 aromatic carbocycles. The summed E-state index contributed by atoms with van der Waals surface area (Å²) in [5.74, 6) is -0.781. The number of carboxylic acid groups (broad SMARTS) is 1. The van der Waals surface area contributed by atoms with E-state index >= 15 is 0 Å². The van der Waals surface area contributed by atoms with Crippen molar-refractivity contribution in [2.45, 2.75) is 13.0 Å². The van der Waals surface area contributed by atoms with Crippen LogP contribution in [0.5, 0.6) is 0 Å². The van der Waals surface area contributed by atoms with Crippen LogP contribution in [0.25, 0.3) is 17.4 Å². The van der Waals surface area contributed by atoms with Gasteiger partial charge in [-0.05, 0) is 31.2 Å². The summed E-state index contributed by atoms with van der Waals surface area (Å²) in [6.07, 6.45) is 1.49. The van der Waals surface area contributed by atoms with Crippen LogP contribution in [-0.2, 0) is 9.59 Å². The quantitative estimate of drug-likeness (QED) is 0.348. The average molecular weight is 404 g/mol. The fourth-order valence-corrected chi connectivity index (χ4v) is 3.78. The first-order chi connectivity index (χ1) is 12.8. The van der Waals surface area contributed by atoms with Gasteiger partial charge in [-0.25, -0.2) is 4.79 Å². The Hall–Kier alpha value is -2.98. The lowest BCUT2D eigenvalue weighted by atomic mass is 10.1. The second-order valence-electron chi connectivity index (χ2n) is 5.57. The molecule has 1 atom stereocenters. The molecule has 8 nitrogen and oxygen atoms in total. The molecule has 10 heteroatoms. The fourth-order valence-electron chi connectivity index (χ4n) is 2.39. The maximum absolute atomic E-state index is 12.4. The molecule has 0 bridgehead atoms. The molecule has 1 aliphatic heterocycles. The molecule has 0 saturated carbocycles. The third-order valence-corrected chi connectivity index (χ3v) is 5.16. The molecule has 3 rings (SSSR count). The molecule has 1 aliphatic rings. The van der Waals surface area contributed by atoms with Crippen LogP contribution >= 0.6 is 24.0 Å². The molecule has 0 radical (unpaired) electrons. The monoisotopic (exact) mass is 404 g/mol. The van der Waals surface area contributed by atoms with E-state index in [1.54, 1.807) is 24.3 Å². The highest BCUT2D eigenvalue weighted by atomic mass is 32.2. The van der Waals surface area contributed by atoms with Crippen LogP contribution in [0.2, 0.25) is 0 Å². The Bertz CT molecular complexity index is 980. The predicted molar refractivity (Wildman–Crippen MR) is 103 cm³/mol. The second-order valence-corrected chi connectivity index (χ2v) is 7.25. The highest BCUT2D eigenvalue weighted by Crippen LogP contribution is 2.35. The third-order valence-electron chi connectivity index (χ3n) is 3.83. The predicted octanol–water partition coefficient (Wildman–Crippen LogP) is 3.53. The Morgan fingerprint density at radius 1 is 1.33 bits per heavy atom. The van der Waals surface area contributed by atoms with E-state index in [-0.39, 0.29) is 14.9 Å². The summed E-state index contributed by atoms with van der Waals surface area (Å²) in [5, 5.41) is 19.8. The van der Waals surface area contributed by atoms with E-state index in [9.17, 15) is 19.7 Å². The van der Waals surface area contributed by atoms with Crippen molar-refractivity contribution in [3.63, 3.8) is 0 Å². The minimum Gasteiger partial charge on any atom is -0.480 e. The summed E-state index contributed by atoms with van der Waals surface area (Å²) in [6, 6.07) is 8.13. The van der Waals surface area contributed by atoms with Crippen molar-refractivity contribution >= 4 is 51.9 Å². The van der Waals surface area contributed by atoms with E-state index in [1.165, 1.54) is 25.1 Å². The number of nitrogens with zero attached hydrogens (tertiary/aromatic N) is 2. The maximum Gasteiger partial charge on any atom is 0.326 e. The van der Waals surface area contributed by atoms with Crippen molar-refractivity contribution in [2.24, 2.45) is 0 Å². The normalized spacial score (nSPS) is 16.8. The van der Waals surface area contributed by atoms with Crippen LogP contribution in [0, 0.1) is 10.1 Å². The van der Waals surface area contributed by atoms with Gasteiger partial charge in [0.1, 0.15) is 21.9 Å². The van der Waals surface area contributed by atoms with Crippen LogP contribution in [0.4, 0.5) is 5.69 Å². The molecule has 1 fully saturated rings. The minimum absolute atomic E-state index is 0.0262. The van der Waals surface area contributed by atoms with Crippen molar-refractivity contribution in [3.8, 4) is 11.3 Å². The molecule has 0 spiro atoms. The van der Waals surface area contributed by atoms with Gasteiger partial charge in [0, 0.05) is 23.8 Å². The molecule has 1 saturated heterocycles. The number of hydrogen-bond donors (Lipinski definition) is 1. The number of amides is 1. The topological polar surface area (TPSA) is 114 Å². The first kappa shape index (κ1) is 18.8. The lowest BCUT2D eigenvalue weighted by Gasteiger charge is -2.18. The number of thioether (sulfide) groups is 1. The third kappa shape index (κ3) is 3.76. The summed E-state index contributed by atoms with van der Waals surface area (Å²) in [4.78, 5) is 35.1. The zero-order chi connectivity index (χ0) is 19.7. The van der Waals surface area contributed by atoms with Gasteiger partial charge in [0.05, 0.1) is 9.83 Å². The molecule has 1 unspecified atom stereocenters. The molecule has 1 N–H and O–H groups in total. The molecule has 0 aliphatic carbocycles. The molecule has 1 amide bonds. The van der Waals surface area contributed by atoms with Crippen molar-refractivity contribution < 1.29 is 24.0 Å². The summed E-state index contributed by atoms with van der Waals surface area (Å²) >= 11 is 6.10. The van der Waals surface area contributed by atoms with Gasteiger partial charge in [-0.2, -0.15) is 0 Å². The lowest BCUT2D eigenvalue weighted by molar-refractivity contribution is -0.384. The second kappa shape index (κ2) is 7.33. The number of benzene rings is 1. The van der Waals surface area contributed by atoms with Crippen molar-refractivity contribution in [1.29, 1.82) is 0 Å². The van der Waals surface area contributed by atoms with E-state index in [0.717, 1.165) is 16.7 Å². The smallest absolute Gasteiger partial charge is 0.326 e. The van der Waals surface area contributed by atoms with Gasteiger partial charge in [-0.1, -0.05) is 24.0 Å². The lowest BCUT2D eigenvalue weighted by Crippen LogP contribution is -2.41. The molecular formula is C17H12N2O6S2. The van der Waals surface area contributed by atoms with Gasteiger partial charge in [0.25, 0.3) is 11.6 Å². The van der Waals surface area contributed by atoms with Crippen LogP contribution in [-0.4, -0.2) is 37.2 Å². The van der Waals surface area contributed by atoms with E-state index in [1.807, 2.05) is 0 Å². The van der Waals surface area contributed by atoms with E-state index < -0.39 is 22.8 Å². The number of rotatable bonds is 5. The van der Waals surface area contributed by atoms with Gasteiger partial charge < -0.3 is 9.52 Å². The molecule has 138 valence electrons. The Kier molecular flexibility index (Phi) is 5.10. The summed E-state index contributed by atoms with van der Waals surface area (Å²) in [6.45, 7) is 1.38. The van der Waals surface area contributed by atoms with Crippen LogP contribution < -0.4 is 0 Å². The van der Waals surface area contributed by atoms with E-state index in [0.29, 0.717) is 17.1 Å². The zero-order valence-corrected chi connectivity index (χ0v) is 15.5. The molecule has 27 heavy (non-hydrogen) atoms. The molecular weight excluding hydrogens is 392 g/mol. The molecule has 2 aromatic rings. The number of furan rings is 1. The first-order valence-electron chi connectivity index (χ1n) is 7.62. The Labute approximate surface area is 162 Å². The number of nitro benzene ring substituents is 1. The highest BCUT2D eigenvalue weighted by Gasteiger charge is 2.38. The maximum atomic E-state index is 12.4. The fraction of sp³-hybridized carbons (Fsp3) is 0.118. The number of hydrogen-bond acceptors (Lipinski definition) is 7. The first-order valence-corrected chi connectivity index (χ1v) is 8.85.